The molecule has 0 spiro atoms. The zero-order valence-electron chi connectivity index (χ0n) is 68.4. The zero-order valence-corrected chi connectivity index (χ0v) is 68.4. The molecule has 3 heterocycles. The largest absolute Gasteiger partial charge is 0.394 e. The van der Waals surface area contributed by atoms with Gasteiger partial charge >= 0.3 is 0 Å². The Bertz CT molecular complexity index is 1970. The first-order valence-corrected chi connectivity index (χ1v) is 45.4. The summed E-state index contributed by atoms with van der Waals surface area (Å²) in [5.41, 5.74) is 0. The topological polar surface area (TPSA) is 307 Å². The molecule has 17 atom stereocenters. The van der Waals surface area contributed by atoms with Gasteiger partial charge in [-0.2, -0.15) is 0 Å². The van der Waals surface area contributed by atoms with Crippen LogP contribution >= 0.6 is 0 Å². The van der Waals surface area contributed by atoms with Crippen molar-refractivity contribution in [2.75, 3.05) is 26.4 Å². The summed E-state index contributed by atoms with van der Waals surface area (Å²) in [4.78, 5) is 13.5. The SMILES string of the molecule is CCCCCCCCCCCCCCCCCCCCCCCCCCCCC/C=C/C(O)C(COC1OC(CO)C(OC2OC(CO)C(OC3OC(CO)C(O)C(O)C3O)C(O)C2O)C(O)C1O)NC(=O)CCCCCCCCCCCCCCCCCCCCCCCCCCCCCCCCCCC. The summed E-state index contributed by atoms with van der Waals surface area (Å²) in [5.74, 6) is -0.264. The van der Waals surface area contributed by atoms with Gasteiger partial charge in [-0.3, -0.25) is 4.79 Å². The average Bonchev–Trinajstić information content (AvgIpc) is 0.781. The molecule has 0 radical (unpaired) electrons. The lowest BCUT2D eigenvalue weighted by Gasteiger charge is -2.48. The Hall–Kier alpha value is -1.47. The Morgan fingerprint density at radius 3 is 0.879 bits per heavy atom. The van der Waals surface area contributed by atoms with Gasteiger partial charge in [-0.05, 0) is 19.3 Å². The molecule has 12 N–H and O–H groups in total. The van der Waals surface area contributed by atoms with Gasteiger partial charge in [0.25, 0.3) is 0 Å². The molecule has 0 aliphatic carbocycles. The predicted octanol–water partition coefficient (Wildman–Crippen LogP) is 17.1. The van der Waals surface area contributed by atoms with E-state index in [9.17, 15) is 61.0 Å². The Labute approximate surface area is 652 Å². The number of hydrogen-bond acceptors (Lipinski definition) is 18. The third-order valence-corrected chi connectivity index (χ3v) is 23.1. The molecule has 0 aromatic rings. The van der Waals surface area contributed by atoms with Crippen molar-refractivity contribution < 1.29 is 89.4 Å². The van der Waals surface area contributed by atoms with Gasteiger partial charge in [-0.15, -0.1) is 0 Å². The summed E-state index contributed by atoms with van der Waals surface area (Å²) < 4.78 is 34.5. The normalized spacial score (nSPS) is 25.5. The number of unbranched alkanes of at least 4 members (excludes halogenated alkanes) is 59. The van der Waals surface area contributed by atoms with Crippen molar-refractivity contribution >= 4 is 5.91 Å². The van der Waals surface area contributed by atoms with E-state index in [0.29, 0.717) is 6.42 Å². The lowest BCUT2D eigenvalue weighted by molar-refractivity contribution is -0.379. The van der Waals surface area contributed by atoms with E-state index in [1.54, 1.807) is 6.08 Å². The summed E-state index contributed by atoms with van der Waals surface area (Å²) in [5, 5.41) is 121. The minimum atomic E-state index is -1.98. The molecule has 0 saturated carbocycles. The summed E-state index contributed by atoms with van der Waals surface area (Å²) in [6, 6.07) is -0.971. The molecule has 0 aromatic heterocycles. The molecule has 3 aliphatic heterocycles. The monoisotopic (exact) mass is 1530 g/mol. The predicted molar refractivity (Wildman–Crippen MR) is 430 cm³/mol. The number of aliphatic hydroxyl groups excluding tert-OH is 11. The van der Waals surface area contributed by atoms with Gasteiger partial charge in [0.1, 0.15) is 73.2 Å². The number of aliphatic hydroxyl groups is 11. The van der Waals surface area contributed by atoms with Gasteiger partial charge in [0.2, 0.25) is 5.91 Å². The third kappa shape index (κ3) is 47.9. The van der Waals surface area contributed by atoms with Crippen molar-refractivity contribution in [3.05, 3.63) is 12.2 Å². The molecule has 634 valence electrons. The van der Waals surface area contributed by atoms with Crippen LogP contribution in [0.3, 0.4) is 0 Å². The van der Waals surface area contributed by atoms with Crippen molar-refractivity contribution in [1.82, 2.24) is 5.32 Å². The highest BCUT2D eigenvalue weighted by Gasteiger charge is 2.54. The third-order valence-electron chi connectivity index (χ3n) is 23.1. The average molecular weight is 1530 g/mol. The number of amides is 1. The van der Waals surface area contributed by atoms with Crippen LogP contribution < -0.4 is 5.32 Å². The molecular formula is C88H169NO18. The van der Waals surface area contributed by atoms with Gasteiger partial charge in [0, 0.05) is 6.42 Å². The Morgan fingerprint density at radius 2 is 0.579 bits per heavy atom. The van der Waals surface area contributed by atoms with Crippen molar-refractivity contribution in [2.45, 2.75) is 516 Å². The summed E-state index contributed by atoms with van der Waals surface area (Å²) >= 11 is 0. The Balaban J connectivity index is 1.32. The van der Waals surface area contributed by atoms with E-state index in [0.717, 1.165) is 44.9 Å². The maximum atomic E-state index is 13.5. The van der Waals surface area contributed by atoms with Crippen LogP contribution in [-0.2, 0) is 33.2 Å². The first-order valence-electron chi connectivity index (χ1n) is 45.4. The van der Waals surface area contributed by atoms with Crippen LogP contribution in [0.15, 0.2) is 12.2 Å². The van der Waals surface area contributed by atoms with E-state index in [-0.39, 0.29) is 18.9 Å². The van der Waals surface area contributed by atoms with Crippen LogP contribution in [0.2, 0.25) is 0 Å². The van der Waals surface area contributed by atoms with Gasteiger partial charge in [0.05, 0.1) is 38.6 Å². The van der Waals surface area contributed by atoms with Gasteiger partial charge in [0.15, 0.2) is 18.9 Å². The van der Waals surface area contributed by atoms with Crippen LogP contribution in [0.4, 0.5) is 0 Å². The molecule has 19 nitrogen and oxygen atoms in total. The molecule has 0 bridgehead atoms. The minimum absolute atomic E-state index is 0.251. The lowest BCUT2D eigenvalue weighted by atomic mass is 9.96. The minimum Gasteiger partial charge on any atom is -0.394 e. The maximum Gasteiger partial charge on any atom is 0.220 e. The number of rotatable bonds is 75. The number of hydrogen-bond donors (Lipinski definition) is 12. The van der Waals surface area contributed by atoms with Crippen LogP contribution in [-0.4, -0.2) is 193 Å². The molecule has 17 unspecified atom stereocenters. The molecule has 3 aliphatic rings. The van der Waals surface area contributed by atoms with E-state index >= 15 is 0 Å². The second kappa shape index (κ2) is 68.9. The van der Waals surface area contributed by atoms with E-state index in [4.69, 9.17) is 28.4 Å². The van der Waals surface area contributed by atoms with Crippen LogP contribution in [0.5, 0.6) is 0 Å². The first-order chi connectivity index (χ1) is 52.3. The quantitative estimate of drug-likeness (QED) is 0.0199. The summed E-state index contributed by atoms with van der Waals surface area (Å²) in [6.45, 7) is 1.82. The van der Waals surface area contributed by atoms with Crippen molar-refractivity contribution in [3.8, 4) is 0 Å². The van der Waals surface area contributed by atoms with Crippen LogP contribution in [0, 0.1) is 0 Å². The Kier molecular flexibility index (Phi) is 64.2. The fraction of sp³-hybridized carbons (Fsp3) is 0.966. The molecule has 3 fully saturated rings. The fourth-order valence-electron chi connectivity index (χ4n) is 15.8. The van der Waals surface area contributed by atoms with Gasteiger partial charge < -0.3 is 89.9 Å². The van der Waals surface area contributed by atoms with E-state index in [1.807, 2.05) is 6.08 Å². The number of ether oxygens (including phenoxy) is 6. The highest BCUT2D eigenvalue weighted by atomic mass is 16.8. The molecule has 3 saturated heterocycles. The number of nitrogens with one attached hydrogen (secondary N) is 1. The zero-order chi connectivity index (χ0) is 77.4. The molecule has 107 heavy (non-hydrogen) atoms. The van der Waals surface area contributed by atoms with E-state index in [2.05, 4.69) is 19.2 Å². The molecule has 3 rings (SSSR count). The van der Waals surface area contributed by atoms with Crippen LogP contribution in [0.1, 0.15) is 412 Å². The number of carbonyl (C=O) groups excluding carboxylic acids is 1. The first kappa shape index (κ1) is 99.7. The second-order valence-corrected chi connectivity index (χ2v) is 32.8. The molecule has 19 heteroatoms. The van der Waals surface area contributed by atoms with E-state index < -0.39 is 124 Å². The standard InChI is InChI=1S/C88H169NO18/c1-3-5-7-9-11-13-15-17-19-21-23-25-27-29-31-33-34-35-36-38-40-42-44-46-48-50-52-54-56-58-60-62-64-66-76(94)89-71(72(93)65-63-61-59-57-55-53-51-49-47-45-43-41-39-37-32-30-28-26-24-22-20-18-16-14-12-10-8-6-4-2)70-102-86-82(100)79(97)84(74(68-91)104-86)107-88-83(101)80(98)85(75(69-92)105-88)106-87-81(99)78(96)77(95)73(67-90)103-87/h63,65,71-75,77-88,90-93,95-101H,3-62,64,66-70H2,1-2H3,(H,89,94)/b65-63+. The van der Waals surface area contributed by atoms with Crippen molar-refractivity contribution in [2.24, 2.45) is 0 Å². The van der Waals surface area contributed by atoms with Gasteiger partial charge in [-0.25, -0.2) is 0 Å². The number of allylic oxidation sites excluding steroid dienone is 1. The molecule has 0 aromatic carbocycles. The Morgan fingerprint density at radius 1 is 0.327 bits per heavy atom. The van der Waals surface area contributed by atoms with Crippen LogP contribution in [0.25, 0.3) is 0 Å². The van der Waals surface area contributed by atoms with Crippen molar-refractivity contribution in [3.63, 3.8) is 0 Å². The highest BCUT2D eigenvalue weighted by molar-refractivity contribution is 5.76. The molecule has 1 amide bonds. The van der Waals surface area contributed by atoms with Crippen molar-refractivity contribution in [1.29, 1.82) is 0 Å². The van der Waals surface area contributed by atoms with Gasteiger partial charge in [-0.1, -0.05) is 398 Å². The maximum absolute atomic E-state index is 13.5. The fourth-order valence-corrected chi connectivity index (χ4v) is 15.8. The summed E-state index contributed by atoms with van der Waals surface area (Å²) in [6.07, 6.45) is 58.0. The van der Waals surface area contributed by atoms with E-state index in [1.165, 1.54) is 340 Å². The lowest BCUT2D eigenvalue weighted by Crippen LogP contribution is -2.66. The second-order valence-electron chi connectivity index (χ2n) is 32.8. The smallest absolute Gasteiger partial charge is 0.220 e. The molecular weight excluding hydrogens is 1360 g/mol. The number of carbonyl (C=O) groups is 1. The summed E-state index contributed by atoms with van der Waals surface area (Å²) in [7, 11) is 0. The highest BCUT2D eigenvalue weighted by Crippen LogP contribution is 2.34.